The number of carbonyl (C=O) groups excluding carboxylic acids is 1. The van der Waals surface area contributed by atoms with E-state index in [1.165, 1.54) is 0 Å². The highest BCUT2D eigenvalue weighted by atomic mass is 16.9. The molecule has 8 aliphatic rings. The molecule has 0 bridgehead atoms. The van der Waals surface area contributed by atoms with Gasteiger partial charge in [0.25, 0.3) is 6.48 Å². The van der Waals surface area contributed by atoms with Crippen molar-refractivity contribution in [1.82, 2.24) is 0 Å². The third-order valence-corrected chi connectivity index (χ3v) is 15.4. The lowest BCUT2D eigenvalue weighted by molar-refractivity contribution is -0.430. The number of fused-ring (bicyclic) bond motifs is 5. The molecule has 8 N–H and O–H groups in total. The van der Waals surface area contributed by atoms with E-state index < -0.39 is 91.4 Å². The van der Waals surface area contributed by atoms with Gasteiger partial charge in [0.2, 0.25) is 0 Å². The lowest BCUT2D eigenvalue weighted by atomic mass is 9.42. The van der Waals surface area contributed by atoms with Crippen molar-refractivity contribution in [3.05, 3.63) is 11.6 Å². The maximum absolute atomic E-state index is 12.5. The van der Waals surface area contributed by atoms with Crippen molar-refractivity contribution in [2.75, 3.05) is 6.61 Å². The Bertz CT molecular complexity index is 1420. The Labute approximate surface area is 321 Å². The fourth-order valence-electron chi connectivity index (χ4n) is 12.2. The summed E-state index contributed by atoms with van der Waals surface area (Å²) in [6.45, 7) is 6.77. The number of nitrogens with two attached hydrogens (primary N) is 1. The van der Waals surface area contributed by atoms with Crippen molar-refractivity contribution in [3.8, 4) is 0 Å². The Hall–Kier alpha value is -1.35. The minimum absolute atomic E-state index is 0.00233. The average molecular weight is 784 g/mol. The van der Waals surface area contributed by atoms with Gasteiger partial charge >= 0.3 is 5.97 Å². The van der Waals surface area contributed by atoms with Gasteiger partial charge in [0.1, 0.15) is 31.1 Å². The van der Waals surface area contributed by atoms with Gasteiger partial charge in [-0.15, -0.1) is 0 Å². The Morgan fingerprint density at radius 3 is 2.20 bits per heavy atom. The summed E-state index contributed by atoms with van der Waals surface area (Å²) < 4.78 is 46.6. The first-order valence-electron chi connectivity index (χ1n) is 20.4. The number of cyclic esters (lactones) is 1. The van der Waals surface area contributed by atoms with Crippen LogP contribution in [0.5, 0.6) is 0 Å². The molecule has 0 radical (unpaired) electrons. The number of hydrogen-bond acceptors (Lipinski definition) is 16. The Morgan fingerprint density at radius 1 is 0.782 bits per heavy atom. The molecule has 55 heavy (non-hydrogen) atoms. The molecule has 16 heteroatoms. The third kappa shape index (κ3) is 6.93. The molecule has 4 aliphatic heterocycles. The molecule has 16 nitrogen and oxygen atoms in total. The van der Waals surface area contributed by atoms with Crippen molar-refractivity contribution >= 4 is 5.97 Å². The van der Waals surface area contributed by atoms with Crippen LogP contribution in [0.2, 0.25) is 0 Å². The fraction of sp³-hybridized carbons (Fsp3) is 0.923. The van der Waals surface area contributed by atoms with Gasteiger partial charge in [0, 0.05) is 24.3 Å². The smallest absolute Gasteiger partial charge is 0.331 e. The molecule has 21 atom stereocenters. The van der Waals surface area contributed by atoms with Gasteiger partial charge in [-0.1, -0.05) is 13.8 Å². The van der Waals surface area contributed by atoms with E-state index in [-0.39, 0.29) is 54.7 Å². The Kier molecular flexibility index (Phi) is 11.1. The van der Waals surface area contributed by atoms with Gasteiger partial charge in [0.15, 0.2) is 18.9 Å². The highest BCUT2D eigenvalue weighted by Crippen LogP contribution is 2.70. The first-order chi connectivity index (χ1) is 26.0. The van der Waals surface area contributed by atoms with Crippen LogP contribution in [0.25, 0.3) is 0 Å². The third-order valence-electron chi connectivity index (χ3n) is 15.4. The number of rotatable bonds is 7. The van der Waals surface area contributed by atoms with Crippen molar-refractivity contribution in [2.45, 2.75) is 184 Å². The van der Waals surface area contributed by atoms with Crippen molar-refractivity contribution < 1.29 is 73.3 Å². The van der Waals surface area contributed by atoms with Crippen molar-refractivity contribution in [2.24, 2.45) is 40.2 Å². The molecule has 312 valence electrons. The summed E-state index contributed by atoms with van der Waals surface area (Å²) in [4.78, 5) is 11.9. The predicted molar refractivity (Wildman–Crippen MR) is 188 cm³/mol. The molecule has 0 aromatic carbocycles. The van der Waals surface area contributed by atoms with Crippen LogP contribution in [0.1, 0.15) is 91.9 Å². The summed E-state index contributed by atoms with van der Waals surface area (Å²) in [6.07, 6.45) is -4.35. The number of aliphatic hydroxyl groups is 6. The molecule has 0 amide bonds. The monoisotopic (exact) mass is 783 g/mol. The zero-order valence-electron chi connectivity index (χ0n) is 32.2. The number of carbonyl (C=O) groups is 1. The molecular formula is C39H61NO15. The average Bonchev–Trinajstić information content (AvgIpc) is 3.67. The summed E-state index contributed by atoms with van der Waals surface area (Å²) in [6, 6.07) is 0. The number of ether oxygens (including phenoxy) is 8. The molecule has 0 unspecified atom stereocenters. The van der Waals surface area contributed by atoms with E-state index in [0.29, 0.717) is 18.8 Å². The molecule has 8 rings (SSSR count). The summed E-state index contributed by atoms with van der Waals surface area (Å²) in [5.74, 6) is 0.0317. The predicted octanol–water partition coefficient (Wildman–Crippen LogP) is 0.656. The van der Waals surface area contributed by atoms with Crippen LogP contribution in [0.15, 0.2) is 11.6 Å². The topological polar surface area (TPSA) is 238 Å². The molecule has 0 aromatic rings. The molecule has 3 saturated heterocycles. The maximum Gasteiger partial charge on any atom is 0.331 e. The molecule has 0 spiro atoms. The second-order valence-electron chi connectivity index (χ2n) is 18.2. The van der Waals surface area contributed by atoms with Crippen LogP contribution in [-0.2, 0) is 42.7 Å². The van der Waals surface area contributed by atoms with Crippen LogP contribution < -0.4 is 5.73 Å². The van der Waals surface area contributed by atoms with Gasteiger partial charge in [-0.05, 0) is 99.9 Å². The number of aliphatic hydroxyl groups excluding tert-OH is 5. The van der Waals surface area contributed by atoms with Crippen LogP contribution in [-0.4, -0.2) is 135 Å². The molecule has 4 aliphatic carbocycles. The second-order valence-corrected chi connectivity index (χ2v) is 18.2. The first-order valence-corrected chi connectivity index (χ1v) is 20.4. The standard InChI is InChI=1S/C39H61NO15/c1-17-31(45)25(41)14-29(49-17)53-33-26(42)15-30(54-34(33)40)52-32-18(2)50-36(55-35(32)46)51-21-7-9-37(3)20(12-21)5-6-23-24(37)13-27(43)38(4)22(8-10-39(23,38)47)19-11-28(44)48-16-19/h11,17-18,20-27,29-36,41-43,45-47H,5-10,12-16,40H2,1-4H3/t17-,18-,20-,21+,22-,23-,24+,25+,26+,27-,29+,30-,31-,32-,33+,34+,35+,36+,37+,38+,39+/m1/s1. The minimum Gasteiger partial charge on any atom is -0.458 e. The fourth-order valence-corrected chi connectivity index (χ4v) is 12.2. The first kappa shape index (κ1) is 40.4. The maximum atomic E-state index is 12.5. The lowest BCUT2D eigenvalue weighted by Crippen LogP contribution is -2.67. The zero-order chi connectivity index (χ0) is 39.2. The SMILES string of the molecule is C[C@H]1O[C@@H](O[C@H]2[C@@H](O)C[C@H](O[C@@H]3[C@@H](C)O[C@@H](O[C@H]4CC[C@@]5(C)[C@H](CC[C@@H]6[C@@H]5C[C@@H](O)[C@]5(C)[C@@H](C7=CC(=O)OC7)CC[C@]65O)C4)O[C@@H]3O)O[C@@H]2N)C[C@H](O)[C@@H]1O. The zero-order valence-corrected chi connectivity index (χ0v) is 32.2. The van der Waals surface area contributed by atoms with E-state index in [4.69, 9.17) is 43.6 Å². The molecule has 4 heterocycles. The molecule has 0 aromatic heterocycles. The normalized spacial score (nSPS) is 55.5. The summed E-state index contributed by atoms with van der Waals surface area (Å²) in [5.41, 5.74) is 5.19. The van der Waals surface area contributed by atoms with Crippen molar-refractivity contribution in [1.29, 1.82) is 0 Å². The number of hydrogen-bond donors (Lipinski definition) is 7. The van der Waals surface area contributed by atoms with Gasteiger partial charge in [-0.25, -0.2) is 4.79 Å². The van der Waals surface area contributed by atoms with Gasteiger partial charge in [-0.3, -0.25) is 4.74 Å². The van der Waals surface area contributed by atoms with E-state index in [1.807, 2.05) is 6.92 Å². The highest BCUT2D eigenvalue weighted by molar-refractivity contribution is 5.85. The van der Waals surface area contributed by atoms with Gasteiger partial charge in [-0.2, -0.15) is 0 Å². The lowest BCUT2D eigenvalue weighted by Gasteiger charge is -2.65. The van der Waals surface area contributed by atoms with E-state index >= 15 is 0 Å². The van der Waals surface area contributed by atoms with Crippen LogP contribution in [0.4, 0.5) is 0 Å². The van der Waals surface area contributed by atoms with Crippen molar-refractivity contribution in [3.63, 3.8) is 0 Å². The number of esters is 1. The van der Waals surface area contributed by atoms with E-state index in [0.717, 1.165) is 44.1 Å². The largest absolute Gasteiger partial charge is 0.458 e. The second kappa shape index (κ2) is 15.0. The molecular weight excluding hydrogens is 722 g/mol. The van der Waals surface area contributed by atoms with Gasteiger partial charge in [0.05, 0.1) is 42.2 Å². The quantitative estimate of drug-likeness (QED) is 0.176. The van der Waals surface area contributed by atoms with E-state index in [1.54, 1.807) is 19.9 Å². The summed E-state index contributed by atoms with van der Waals surface area (Å²) >= 11 is 0. The summed E-state index contributed by atoms with van der Waals surface area (Å²) in [7, 11) is 0. The van der Waals surface area contributed by atoms with E-state index in [9.17, 15) is 35.4 Å². The minimum atomic E-state index is -1.42. The summed E-state index contributed by atoms with van der Waals surface area (Å²) in [5, 5.41) is 66.4. The van der Waals surface area contributed by atoms with Crippen LogP contribution in [0.3, 0.4) is 0 Å². The van der Waals surface area contributed by atoms with Gasteiger partial charge < -0.3 is 69.5 Å². The van der Waals surface area contributed by atoms with E-state index in [2.05, 4.69) is 6.92 Å². The van der Waals surface area contributed by atoms with Crippen LogP contribution in [0, 0.1) is 34.5 Å². The Morgan fingerprint density at radius 2 is 1.51 bits per heavy atom. The molecule has 4 saturated carbocycles. The highest BCUT2D eigenvalue weighted by Gasteiger charge is 2.71. The van der Waals surface area contributed by atoms with Crippen LogP contribution >= 0.6 is 0 Å². The Balaban J connectivity index is 0.837. The molecule has 7 fully saturated rings.